The summed E-state index contributed by atoms with van der Waals surface area (Å²) in [6, 6.07) is 11.7. The Kier molecular flexibility index (Phi) is 5.91. The smallest absolute Gasteiger partial charge is 0.237 e. The van der Waals surface area contributed by atoms with Gasteiger partial charge in [0.25, 0.3) is 0 Å². The molecule has 0 aromatic heterocycles. The first-order valence-corrected chi connectivity index (χ1v) is 7.47. The summed E-state index contributed by atoms with van der Waals surface area (Å²) in [6.45, 7) is 4.70. The van der Waals surface area contributed by atoms with E-state index in [-0.39, 0.29) is 10.7 Å². The number of nitriles is 1. The highest BCUT2D eigenvalue weighted by molar-refractivity contribution is 7.99. The van der Waals surface area contributed by atoms with Gasteiger partial charge in [0.05, 0.1) is 6.07 Å². The highest BCUT2D eigenvalue weighted by atomic mass is 32.2. The minimum atomic E-state index is -0.625. The van der Waals surface area contributed by atoms with Gasteiger partial charge in [-0.2, -0.15) is 17.0 Å². The molecule has 1 unspecified atom stereocenters. The molecule has 0 fully saturated rings. The van der Waals surface area contributed by atoms with Gasteiger partial charge in [-0.1, -0.05) is 30.3 Å². The van der Waals surface area contributed by atoms with Gasteiger partial charge in [-0.3, -0.25) is 4.79 Å². The normalized spacial score (nSPS) is 12.5. The summed E-state index contributed by atoms with van der Waals surface area (Å²) >= 11 is 1.69. The quantitative estimate of drug-likeness (QED) is 0.869. The lowest BCUT2D eigenvalue weighted by molar-refractivity contribution is -0.123. The van der Waals surface area contributed by atoms with Crippen LogP contribution in [0.1, 0.15) is 19.4 Å². The molecule has 1 amide bonds. The number of hydrogen-bond acceptors (Lipinski definition) is 3. The van der Waals surface area contributed by atoms with Crippen LogP contribution < -0.4 is 5.32 Å². The number of nitrogens with zero attached hydrogens (tertiary/aromatic N) is 1. The number of nitrogens with one attached hydrogen (secondary N) is 1. The highest BCUT2D eigenvalue weighted by Gasteiger charge is 2.22. The highest BCUT2D eigenvalue weighted by Crippen LogP contribution is 2.19. The standard InChI is InChI=1S/C15H20N2OS/c1-15(2,19-3)11-17-14(18)13(10-16)9-12-7-5-4-6-8-12/h4-8,13H,9,11H2,1-3H3,(H,17,18). The maximum absolute atomic E-state index is 12.0. The summed E-state index contributed by atoms with van der Waals surface area (Å²) in [6.07, 6.45) is 2.47. The Hall–Kier alpha value is -1.47. The van der Waals surface area contributed by atoms with Gasteiger partial charge in [-0.25, -0.2) is 0 Å². The molecule has 4 heteroatoms. The second-order valence-corrected chi connectivity index (χ2v) is 6.57. The SMILES string of the molecule is CSC(C)(C)CNC(=O)C(C#N)Cc1ccccc1. The molecule has 3 nitrogen and oxygen atoms in total. The Morgan fingerprint density at radius 3 is 2.58 bits per heavy atom. The summed E-state index contributed by atoms with van der Waals surface area (Å²) < 4.78 is -0.0115. The molecule has 0 aliphatic carbocycles. The topological polar surface area (TPSA) is 52.9 Å². The molecule has 1 aromatic carbocycles. The third-order valence-corrected chi connectivity index (χ3v) is 4.25. The van der Waals surface area contributed by atoms with Crippen LogP contribution in [0.4, 0.5) is 0 Å². The van der Waals surface area contributed by atoms with Gasteiger partial charge >= 0.3 is 0 Å². The predicted octanol–water partition coefficient (Wildman–Crippen LogP) is 2.63. The first-order chi connectivity index (χ1) is 8.98. The van der Waals surface area contributed by atoms with Crippen molar-refractivity contribution in [3.8, 4) is 6.07 Å². The molecule has 0 radical (unpaired) electrons. The lowest BCUT2D eigenvalue weighted by Gasteiger charge is -2.23. The van der Waals surface area contributed by atoms with Gasteiger partial charge in [0.1, 0.15) is 5.92 Å². The Bertz CT molecular complexity index is 451. The Morgan fingerprint density at radius 2 is 2.05 bits per heavy atom. The van der Waals surface area contributed by atoms with E-state index in [1.165, 1.54) is 0 Å². The van der Waals surface area contributed by atoms with E-state index in [9.17, 15) is 4.79 Å². The van der Waals surface area contributed by atoms with E-state index < -0.39 is 5.92 Å². The maximum atomic E-state index is 12.0. The minimum Gasteiger partial charge on any atom is -0.354 e. The van der Waals surface area contributed by atoms with Crippen LogP contribution >= 0.6 is 11.8 Å². The number of thioether (sulfide) groups is 1. The molecule has 0 aliphatic heterocycles. The van der Waals surface area contributed by atoms with Gasteiger partial charge < -0.3 is 5.32 Å². The van der Waals surface area contributed by atoms with Crippen molar-refractivity contribution in [2.24, 2.45) is 5.92 Å². The zero-order chi connectivity index (χ0) is 14.3. The predicted molar refractivity (Wildman–Crippen MR) is 79.9 cm³/mol. The molecule has 19 heavy (non-hydrogen) atoms. The van der Waals surface area contributed by atoms with E-state index in [2.05, 4.69) is 25.2 Å². The van der Waals surface area contributed by atoms with E-state index in [1.807, 2.05) is 36.6 Å². The van der Waals surface area contributed by atoms with Crippen molar-refractivity contribution < 1.29 is 4.79 Å². The van der Waals surface area contributed by atoms with Crippen LogP contribution in [0.2, 0.25) is 0 Å². The Morgan fingerprint density at radius 1 is 1.42 bits per heavy atom. The molecule has 0 bridgehead atoms. The van der Waals surface area contributed by atoms with Crippen molar-refractivity contribution in [1.82, 2.24) is 5.32 Å². The van der Waals surface area contributed by atoms with Crippen molar-refractivity contribution in [2.75, 3.05) is 12.8 Å². The molecule has 0 saturated heterocycles. The molecular weight excluding hydrogens is 256 g/mol. The first-order valence-electron chi connectivity index (χ1n) is 6.25. The van der Waals surface area contributed by atoms with E-state index in [0.717, 1.165) is 5.56 Å². The molecule has 1 atom stereocenters. The third-order valence-electron chi connectivity index (χ3n) is 3.00. The number of hydrogen-bond donors (Lipinski definition) is 1. The fourth-order valence-electron chi connectivity index (χ4n) is 1.54. The number of rotatable bonds is 6. The first kappa shape index (κ1) is 15.6. The number of amides is 1. The van der Waals surface area contributed by atoms with Crippen LogP contribution in [0.25, 0.3) is 0 Å². The third kappa shape index (κ3) is 5.35. The Balaban J connectivity index is 2.56. The second kappa shape index (κ2) is 7.20. The lowest BCUT2D eigenvalue weighted by Crippen LogP contribution is -2.39. The minimum absolute atomic E-state index is 0.0115. The van der Waals surface area contributed by atoms with Gasteiger partial charge in [0.2, 0.25) is 5.91 Å². The summed E-state index contributed by atoms with van der Waals surface area (Å²) in [7, 11) is 0. The average molecular weight is 276 g/mol. The van der Waals surface area contributed by atoms with Crippen molar-refractivity contribution in [1.29, 1.82) is 5.26 Å². The van der Waals surface area contributed by atoms with Crippen LogP contribution in [-0.2, 0) is 11.2 Å². The largest absolute Gasteiger partial charge is 0.354 e. The van der Waals surface area contributed by atoms with Gasteiger partial charge in [0, 0.05) is 11.3 Å². The molecule has 0 heterocycles. The summed E-state index contributed by atoms with van der Waals surface area (Å²) in [5.41, 5.74) is 1.01. The summed E-state index contributed by atoms with van der Waals surface area (Å²) in [4.78, 5) is 12.0. The lowest BCUT2D eigenvalue weighted by atomic mass is 10.00. The number of benzene rings is 1. The van der Waals surface area contributed by atoms with E-state index in [4.69, 9.17) is 5.26 Å². The fraction of sp³-hybridized carbons (Fsp3) is 0.467. The summed E-state index contributed by atoms with van der Waals surface area (Å²) in [5, 5.41) is 12.0. The Labute approximate surface area is 119 Å². The second-order valence-electron chi connectivity index (χ2n) is 5.05. The average Bonchev–Trinajstić information content (AvgIpc) is 2.43. The molecule has 0 aliphatic rings. The fourth-order valence-corrected chi connectivity index (χ4v) is 1.76. The van der Waals surface area contributed by atoms with Crippen molar-refractivity contribution in [2.45, 2.75) is 25.0 Å². The number of carbonyl (C=O) groups excluding carboxylic acids is 1. The van der Waals surface area contributed by atoms with Crippen LogP contribution in [0.3, 0.4) is 0 Å². The molecule has 1 rings (SSSR count). The van der Waals surface area contributed by atoms with Crippen molar-refractivity contribution in [3.63, 3.8) is 0 Å². The molecule has 102 valence electrons. The van der Waals surface area contributed by atoms with Crippen LogP contribution in [0.15, 0.2) is 30.3 Å². The van der Waals surface area contributed by atoms with Crippen molar-refractivity contribution >= 4 is 17.7 Å². The molecule has 1 aromatic rings. The van der Waals surface area contributed by atoms with E-state index >= 15 is 0 Å². The van der Waals surface area contributed by atoms with Crippen LogP contribution in [0, 0.1) is 17.2 Å². The van der Waals surface area contributed by atoms with Crippen molar-refractivity contribution in [3.05, 3.63) is 35.9 Å². The van der Waals surface area contributed by atoms with E-state index in [1.54, 1.807) is 11.8 Å². The zero-order valence-electron chi connectivity index (χ0n) is 11.6. The maximum Gasteiger partial charge on any atom is 0.237 e. The van der Waals surface area contributed by atoms with Gasteiger partial charge in [0.15, 0.2) is 0 Å². The number of carbonyl (C=O) groups is 1. The van der Waals surface area contributed by atoms with Gasteiger partial charge in [-0.15, -0.1) is 0 Å². The molecule has 1 N–H and O–H groups in total. The molecule has 0 spiro atoms. The molecule has 0 saturated carbocycles. The zero-order valence-corrected chi connectivity index (χ0v) is 12.5. The van der Waals surface area contributed by atoms with Crippen LogP contribution in [0.5, 0.6) is 0 Å². The van der Waals surface area contributed by atoms with Gasteiger partial charge in [-0.05, 0) is 32.1 Å². The van der Waals surface area contributed by atoms with Crippen LogP contribution in [-0.4, -0.2) is 23.5 Å². The summed E-state index contributed by atoms with van der Waals surface area (Å²) in [5.74, 6) is -0.812. The van der Waals surface area contributed by atoms with E-state index in [0.29, 0.717) is 13.0 Å². The molecular formula is C15H20N2OS. The monoisotopic (exact) mass is 276 g/mol.